The van der Waals surface area contributed by atoms with E-state index >= 15 is 0 Å². The first-order valence-electron chi connectivity index (χ1n) is 6.18. The van der Waals surface area contributed by atoms with Gasteiger partial charge in [-0.05, 0) is 23.6 Å². The van der Waals surface area contributed by atoms with Crippen LogP contribution in [0.2, 0.25) is 0 Å². The fourth-order valence-corrected chi connectivity index (χ4v) is 2.04. The molecule has 0 radical (unpaired) electrons. The van der Waals surface area contributed by atoms with E-state index in [-0.39, 0.29) is 29.5 Å². The van der Waals surface area contributed by atoms with Crippen LogP contribution in [0.25, 0.3) is 0 Å². The van der Waals surface area contributed by atoms with Crippen LogP contribution in [0.3, 0.4) is 0 Å². The van der Waals surface area contributed by atoms with E-state index in [1.54, 1.807) is 0 Å². The number of amides is 3. The van der Waals surface area contributed by atoms with Gasteiger partial charge in [0, 0.05) is 12.5 Å². The van der Waals surface area contributed by atoms with Crippen LogP contribution in [0.1, 0.15) is 27.2 Å². The summed E-state index contributed by atoms with van der Waals surface area (Å²) in [4.78, 5) is 25.2. The molecular formula is C14H17FN2O2. The number of rotatable bonds is 1. The molecule has 102 valence electrons. The van der Waals surface area contributed by atoms with E-state index in [0.29, 0.717) is 0 Å². The van der Waals surface area contributed by atoms with Crippen molar-refractivity contribution in [3.63, 3.8) is 0 Å². The molecular weight excluding hydrogens is 247 g/mol. The highest BCUT2D eigenvalue weighted by Crippen LogP contribution is 2.27. The number of urea groups is 1. The van der Waals surface area contributed by atoms with Crippen molar-refractivity contribution in [2.24, 2.45) is 5.41 Å². The summed E-state index contributed by atoms with van der Waals surface area (Å²) >= 11 is 0. The highest BCUT2D eigenvalue weighted by molar-refractivity contribution is 6.16. The summed E-state index contributed by atoms with van der Waals surface area (Å²) < 4.78 is 13.2. The number of halogens is 1. The van der Waals surface area contributed by atoms with Gasteiger partial charge in [-0.15, -0.1) is 0 Å². The predicted octanol–water partition coefficient (Wildman–Crippen LogP) is 2.69. The van der Waals surface area contributed by atoms with Gasteiger partial charge in [-0.3, -0.25) is 4.79 Å². The van der Waals surface area contributed by atoms with Gasteiger partial charge in [-0.1, -0.05) is 26.8 Å². The number of imide groups is 1. The van der Waals surface area contributed by atoms with Crippen molar-refractivity contribution in [2.75, 3.05) is 4.90 Å². The van der Waals surface area contributed by atoms with Crippen molar-refractivity contribution in [2.45, 2.75) is 33.2 Å². The van der Waals surface area contributed by atoms with Crippen LogP contribution in [0, 0.1) is 11.2 Å². The molecule has 2 rings (SSSR count). The van der Waals surface area contributed by atoms with Gasteiger partial charge < -0.3 is 5.32 Å². The molecule has 0 aliphatic carbocycles. The average Bonchev–Trinajstić information content (AvgIpc) is 2.26. The molecule has 4 nitrogen and oxygen atoms in total. The molecule has 1 aliphatic heterocycles. The number of nitrogens with zero attached hydrogens (tertiary/aromatic N) is 1. The molecule has 0 spiro atoms. The second-order valence-corrected chi connectivity index (χ2v) is 5.78. The smallest absolute Gasteiger partial charge is 0.328 e. The van der Waals surface area contributed by atoms with Crippen LogP contribution in [0.5, 0.6) is 0 Å². The van der Waals surface area contributed by atoms with Crippen molar-refractivity contribution < 1.29 is 14.0 Å². The zero-order chi connectivity index (χ0) is 14.2. The fourth-order valence-electron chi connectivity index (χ4n) is 2.04. The Morgan fingerprint density at radius 2 is 2.00 bits per heavy atom. The van der Waals surface area contributed by atoms with Gasteiger partial charge in [0.1, 0.15) is 5.82 Å². The summed E-state index contributed by atoms with van der Waals surface area (Å²) in [6, 6.07) is 4.75. The Hall–Kier alpha value is -1.91. The third kappa shape index (κ3) is 2.75. The minimum Gasteiger partial charge on any atom is -0.334 e. The van der Waals surface area contributed by atoms with Crippen LogP contribution in [-0.2, 0) is 4.79 Å². The van der Waals surface area contributed by atoms with E-state index in [2.05, 4.69) is 5.32 Å². The molecule has 0 bridgehead atoms. The van der Waals surface area contributed by atoms with E-state index in [1.807, 2.05) is 20.8 Å². The van der Waals surface area contributed by atoms with Crippen LogP contribution in [-0.4, -0.2) is 18.0 Å². The standard InChI is InChI=1S/C14H17FN2O2/c1-14(2,3)11-8-12(18)17(13(19)16-11)10-6-4-5-9(15)7-10/h4-7,11H,8H2,1-3H3,(H,16,19). The number of benzene rings is 1. The van der Waals surface area contributed by atoms with Gasteiger partial charge in [-0.25, -0.2) is 14.1 Å². The summed E-state index contributed by atoms with van der Waals surface area (Å²) in [6.07, 6.45) is 0.214. The first-order valence-corrected chi connectivity index (χ1v) is 6.18. The summed E-state index contributed by atoms with van der Waals surface area (Å²) in [5, 5.41) is 2.80. The van der Waals surface area contributed by atoms with Gasteiger partial charge >= 0.3 is 6.03 Å². The highest BCUT2D eigenvalue weighted by atomic mass is 19.1. The van der Waals surface area contributed by atoms with Crippen molar-refractivity contribution in [1.29, 1.82) is 0 Å². The van der Waals surface area contributed by atoms with E-state index in [1.165, 1.54) is 24.3 Å². The molecule has 3 amide bonds. The Labute approximate surface area is 111 Å². The Balaban J connectivity index is 2.26. The zero-order valence-electron chi connectivity index (χ0n) is 11.2. The lowest BCUT2D eigenvalue weighted by Crippen LogP contribution is -2.58. The monoisotopic (exact) mass is 264 g/mol. The number of carbonyl (C=O) groups excluding carboxylic acids is 2. The average molecular weight is 264 g/mol. The predicted molar refractivity (Wildman–Crippen MR) is 70.3 cm³/mol. The zero-order valence-corrected chi connectivity index (χ0v) is 11.2. The summed E-state index contributed by atoms with van der Waals surface area (Å²) in [7, 11) is 0. The summed E-state index contributed by atoms with van der Waals surface area (Å²) in [5.41, 5.74) is 0.0640. The maximum absolute atomic E-state index is 13.2. The Kier molecular flexibility index (Phi) is 3.30. The van der Waals surface area contributed by atoms with Gasteiger partial charge in [-0.2, -0.15) is 0 Å². The molecule has 19 heavy (non-hydrogen) atoms. The number of carbonyl (C=O) groups is 2. The SMILES string of the molecule is CC(C)(C)C1CC(=O)N(c2cccc(F)c2)C(=O)N1. The molecule has 1 aromatic carbocycles. The Morgan fingerprint density at radius 1 is 1.32 bits per heavy atom. The van der Waals surface area contributed by atoms with E-state index in [9.17, 15) is 14.0 Å². The number of hydrogen-bond acceptors (Lipinski definition) is 2. The molecule has 5 heteroatoms. The maximum atomic E-state index is 13.2. The minimum absolute atomic E-state index is 0.195. The molecule has 0 aromatic heterocycles. The van der Waals surface area contributed by atoms with Gasteiger partial charge in [0.05, 0.1) is 5.69 Å². The van der Waals surface area contributed by atoms with Crippen LogP contribution >= 0.6 is 0 Å². The third-order valence-corrected chi connectivity index (χ3v) is 3.24. The van der Waals surface area contributed by atoms with E-state index in [4.69, 9.17) is 0 Å². The largest absolute Gasteiger partial charge is 0.334 e. The molecule has 1 aromatic rings. The first kappa shape index (κ1) is 13.5. The van der Waals surface area contributed by atoms with Crippen LogP contribution < -0.4 is 10.2 Å². The quantitative estimate of drug-likeness (QED) is 0.847. The van der Waals surface area contributed by atoms with Gasteiger partial charge in [0.25, 0.3) is 0 Å². The molecule has 1 unspecified atom stereocenters. The Bertz CT molecular complexity index is 504. The number of hydrogen-bond donors (Lipinski definition) is 1. The fraction of sp³-hybridized carbons (Fsp3) is 0.429. The first-order chi connectivity index (χ1) is 8.79. The molecule has 1 atom stereocenters. The van der Waals surface area contributed by atoms with E-state index in [0.717, 1.165) is 4.90 Å². The third-order valence-electron chi connectivity index (χ3n) is 3.24. The van der Waals surface area contributed by atoms with Crippen molar-refractivity contribution in [3.05, 3.63) is 30.1 Å². The summed E-state index contributed by atoms with van der Waals surface area (Å²) in [6.45, 7) is 5.88. The highest BCUT2D eigenvalue weighted by Gasteiger charge is 2.38. The van der Waals surface area contributed by atoms with Crippen LogP contribution in [0.4, 0.5) is 14.9 Å². The lowest BCUT2D eigenvalue weighted by molar-refractivity contribution is -0.119. The normalized spacial score (nSPS) is 20.4. The second-order valence-electron chi connectivity index (χ2n) is 5.78. The topological polar surface area (TPSA) is 49.4 Å². The molecule has 1 saturated heterocycles. The second kappa shape index (κ2) is 4.64. The molecule has 1 aliphatic rings. The van der Waals surface area contributed by atoms with Gasteiger partial charge in [0.2, 0.25) is 5.91 Å². The van der Waals surface area contributed by atoms with E-state index < -0.39 is 11.8 Å². The minimum atomic E-state index is -0.498. The Morgan fingerprint density at radius 3 is 2.53 bits per heavy atom. The van der Waals surface area contributed by atoms with Crippen molar-refractivity contribution >= 4 is 17.6 Å². The lowest BCUT2D eigenvalue weighted by Gasteiger charge is -2.38. The maximum Gasteiger partial charge on any atom is 0.328 e. The lowest BCUT2D eigenvalue weighted by atomic mass is 9.83. The number of nitrogens with one attached hydrogen (secondary N) is 1. The van der Waals surface area contributed by atoms with Crippen LogP contribution in [0.15, 0.2) is 24.3 Å². The summed E-state index contributed by atoms with van der Waals surface area (Å²) in [5.74, 6) is -0.787. The van der Waals surface area contributed by atoms with Crippen molar-refractivity contribution in [1.82, 2.24) is 5.32 Å². The molecule has 1 fully saturated rings. The molecule has 0 saturated carbocycles. The molecule has 1 N–H and O–H groups in total. The molecule has 1 heterocycles. The van der Waals surface area contributed by atoms with Gasteiger partial charge in [0.15, 0.2) is 0 Å². The van der Waals surface area contributed by atoms with Crippen molar-refractivity contribution in [3.8, 4) is 0 Å². The number of anilines is 1.